The molecule has 2 rings (SSSR count). The third-order valence-electron chi connectivity index (χ3n) is 3.43. The summed E-state index contributed by atoms with van der Waals surface area (Å²) < 4.78 is 0. The van der Waals surface area contributed by atoms with Crippen molar-refractivity contribution in [2.75, 3.05) is 18.8 Å². The maximum atomic E-state index is 12.0. The Hall–Kier alpha value is -2.15. The Morgan fingerprint density at radius 3 is 3.00 bits per heavy atom. The van der Waals surface area contributed by atoms with Gasteiger partial charge in [0, 0.05) is 30.4 Å². The van der Waals surface area contributed by atoms with Crippen molar-refractivity contribution in [1.29, 1.82) is 0 Å². The van der Waals surface area contributed by atoms with Crippen molar-refractivity contribution >= 4 is 17.3 Å². The minimum Gasteiger partial charge on any atom is -0.398 e. The van der Waals surface area contributed by atoms with E-state index in [0.717, 1.165) is 25.8 Å². The zero-order valence-electron chi connectivity index (χ0n) is 11.1. The average molecular weight is 278 g/mol. The van der Waals surface area contributed by atoms with Crippen LogP contribution >= 0.6 is 0 Å². The summed E-state index contributed by atoms with van der Waals surface area (Å²) in [5.74, 6) is -0.371. The van der Waals surface area contributed by atoms with Crippen molar-refractivity contribution in [3.63, 3.8) is 0 Å². The molecule has 1 amide bonds. The van der Waals surface area contributed by atoms with Crippen LogP contribution in [0.25, 0.3) is 0 Å². The van der Waals surface area contributed by atoms with E-state index in [1.807, 2.05) is 0 Å². The predicted octanol–water partition coefficient (Wildman–Crippen LogP) is 1.05. The van der Waals surface area contributed by atoms with Gasteiger partial charge in [0.2, 0.25) is 0 Å². The molecule has 1 aromatic carbocycles. The van der Waals surface area contributed by atoms with Gasteiger partial charge in [0.05, 0.1) is 10.5 Å². The minimum absolute atomic E-state index is 0.137. The average Bonchev–Trinajstić information content (AvgIpc) is 2.92. The molecule has 0 aliphatic carbocycles. The Bertz CT molecular complexity index is 512. The monoisotopic (exact) mass is 278 g/mol. The summed E-state index contributed by atoms with van der Waals surface area (Å²) in [5, 5.41) is 16.8. The van der Waals surface area contributed by atoms with Crippen LogP contribution in [0.2, 0.25) is 0 Å². The molecule has 0 bridgehead atoms. The van der Waals surface area contributed by atoms with Crippen LogP contribution in [0.3, 0.4) is 0 Å². The normalized spacial score (nSPS) is 17.9. The molecule has 20 heavy (non-hydrogen) atoms. The van der Waals surface area contributed by atoms with Crippen LogP contribution in [-0.2, 0) is 0 Å². The third kappa shape index (κ3) is 3.45. The van der Waals surface area contributed by atoms with E-state index in [1.54, 1.807) is 0 Å². The summed E-state index contributed by atoms with van der Waals surface area (Å²) >= 11 is 0. The van der Waals surface area contributed by atoms with Crippen LogP contribution < -0.4 is 16.4 Å². The Morgan fingerprint density at radius 2 is 2.35 bits per heavy atom. The van der Waals surface area contributed by atoms with E-state index in [1.165, 1.54) is 18.2 Å². The number of hydrogen-bond donors (Lipinski definition) is 3. The van der Waals surface area contributed by atoms with Gasteiger partial charge in [-0.25, -0.2) is 0 Å². The fourth-order valence-electron chi connectivity index (χ4n) is 2.31. The summed E-state index contributed by atoms with van der Waals surface area (Å²) in [6, 6.07) is 4.32. The number of hydrogen-bond acceptors (Lipinski definition) is 5. The molecule has 1 atom stereocenters. The van der Waals surface area contributed by atoms with Gasteiger partial charge in [0.25, 0.3) is 11.6 Å². The fourth-order valence-corrected chi connectivity index (χ4v) is 2.31. The first-order chi connectivity index (χ1) is 9.58. The topological polar surface area (TPSA) is 110 Å². The maximum Gasteiger partial charge on any atom is 0.270 e. The molecule has 7 nitrogen and oxygen atoms in total. The van der Waals surface area contributed by atoms with E-state index >= 15 is 0 Å². The van der Waals surface area contributed by atoms with Crippen LogP contribution in [0.4, 0.5) is 11.4 Å². The first-order valence-electron chi connectivity index (χ1n) is 6.63. The van der Waals surface area contributed by atoms with Gasteiger partial charge in [-0.3, -0.25) is 14.9 Å². The van der Waals surface area contributed by atoms with E-state index in [0.29, 0.717) is 12.6 Å². The number of amides is 1. The molecule has 108 valence electrons. The minimum atomic E-state index is -0.543. The number of carbonyl (C=O) groups is 1. The van der Waals surface area contributed by atoms with Crippen molar-refractivity contribution in [3.05, 3.63) is 33.9 Å². The molecule has 1 aliphatic rings. The fraction of sp³-hybridized carbons (Fsp3) is 0.462. The summed E-state index contributed by atoms with van der Waals surface area (Å²) in [7, 11) is 0. The number of nitrogen functional groups attached to an aromatic ring is 1. The number of nitro benzene ring substituents is 1. The van der Waals surface area contributed by atoms with E-state index in [-0.39, 0.29) is 22.8 Å². The molecular weight excluding hydrogens is 260 g/mol. The lowest BCUT2D eigenvalue weighted by Gasteiger charge is -2.11. The summed E-state index contributed by atoms with van der Waals surface area (Å²) in [5.41, 5.74) is 5.95. The largest absolute Gasteiger partial charge is 0.398 e. The molecule has 4 N–H and O–H groups in total. The van der Waals surface area contributed by atoms with Crippen molar-refractivity contribution in [2.24, 2.45) is 0 Å². The quantitative estimate of drug-likeness (QED) is 0.423. The molecule has 0 aromatic heterocycles. The Morgan fingerprint density at radius 1 is 1.55 bits per heavy atom. The number of nitrogens with two attached hydrogens (primary N) is 1. The van der Waals surface area contributed by atoms with Gasteiger partial charge in [-0.05, 0) is 31.9 Å². The SMILES string of the molecule is Nc1ccc([N+](=O)[O-])cc1C(=O)NCC[C@H]1CCCN1. The van der Waals surface area contributed by atoms with Crippen LogP contribution in [0, 0.1) is 10.1 Å². The number of nitrogens with one attached hydrogen (secondary N) is 2. The van der Waals surface area contributed by atoms with E-state index < -0.39 is 4.92 Å². The number of carbonyl (C=O) groups excluding carboxylic acids is 1. The highest BCUT2D eigenvalue weighted by Gasteiger charge is 2.17. The Labute approximate surface area is 116 Å². The molecule has 1 heterocycles. The smallest absolute Gasteiger partial charge is 0.270 e. The number of nitrogens with zero attached hydrogens (tertiary/aromatic N) is 1. The molecular formula is C13H18N4O3. The Kier molecular flexibility index (Phi) is 4.52. The number of rotatable bonds is 5. The van der Waals surface area contributed by atoms with E-state index in [4.69, 9.17) is 5.73 Å². The first-order valence-corrected chi connectivity index (χ1v) is 6.63. The highest BCUT2D eigenvalue weighted by Crippen LogP contribution is 2.19. The van der Waals surface area contributed by atoms with Crippen LogP contribution in [0.15, 0.2) is 18.2 Å². The maximum absolute atomic E-state index is 12.0. The second-order valence-electron chi connectivity index (χ2n) is 4.87. The van der Waals surface area contributed by atoms with Crippen molar-refractivity contribution in [3.8, 4) is 0 Å². The number of nitro groups is 1. The third-order valence-corrected chi connectivity index (χ3v) is 3.43. The lowest BCUT2D eigenvalue weighted by molar-refractivity contribution is -0.384. The highest BCUT2D eigenvalue weighted by molar-refractivity contribution is 5.99. The number of anilines is 1. The highest BCUT2D eigenvalue weighted by atomic mass is 16.6. The van der Waals surface area contributed by atoms with Crippen molar-refractivity contribution in [2.45, 2.75) is 25.3 Å². The molecule has 0 spiro atoms. The molecule has 1 fully saturated rings. The van der Waals surface area contributed by atoms with Gasteiger partial charge in [0.1, 0.15) is 0 Å². The summed E-state index contributed by atoms with van der Waals surface area (Å²) in [6.07, 6.45) is 3.13. The van der Waals surface area contributed by atoms with Crippen LogP contribution in [0.5, 0.6) is 0 Å². The lowest BCUT2D eigenvalue weighted by Crippen LogP contribution is -2.31. The zero-order chi connectivity index (χ0) is 14.5. The second kappa shape index (κ2) is 6.33. The predicted molar refractivity (Wildman–Crippen MR) is 75.5 cm³/mol. The van der Waals surface area contributed by atoms with Gasteiger partial charge < -0.3 is 16.4 Å². The molecule has 0 saturated carbocycles. The number of benzene rings is 1. The van der Waals surface area contributed by atoms with Crippen LogP contribution in [0.1, 0.15) is 29.6 Å². The van der Waals surface area contributed by atoms with Gasteiger partial charge in [-0.15, -0.1) is 0 Å². The molecule has 0 unspecified atom stereocenters. The van der Waals surface area contributed by atoms with Gasteiger partial charge in [-0.1, -0.05) is 0 Å². The molecule has 0 radical (unpaired) electrons. The lowest BCUT2D eigenvalue weighted by atomic mass is 10.1. The van der Waals surface area contributed by atoms with Crippen LogP contribution in [-0.4, -0.2) is 30.0 Å². The summed E-state index contributed by atoms with van der Waals surface area (Å²) in [4.78, 5) is 22.1. The standard InChI is InChI=1S/C13H18N4O3/c14-12-4-3-10(17(19)20)8-11(12)13(18)16-7-5-9-2-1-6-15-9/h3-4,8-9,15H,1-2,5-7,14H2,(H,16,18)/t9-/m1/s1. The van der Waals surface area contributed by atoms with Gasteiger partial charge >= 0.3 is 0 Å². The zero-order valence-corrected chi connectivity index (χ0v) is 11.1. The molecule has 1 aliphatic heterocycles. The first kappa shape index (κ1) is 14.3. The van der Waals surface area contributed by atoms with Gasteiger partial charge in [0.15, 0.2) is 0 Å². The molecule has 1 saturated heterocycles. The van der Waals surface area contributed by atoms with Gasteiger partial charge in [-0.2, -0.15) is 0 Å². The molecule has 1 aromatic rings. The summed E-state index contributed by atoms with van der Waals surface area (Å²) in [6.45, 7) is 1.55. The number of non-ortho nitro benzene ring substituents is 1. The van der Waals surface area contributed by atoms with Crippen molar-refractivity contribution in [1.82, 2.24) is 10.6 Å². The Balaban J connectivity index is 1.94. The van der Waals surface area contributed by atoms with Crippen molar-refractivity contribution < 1.29 is 9.72 Å². The molecule has 7 heteroatoms. The van der Waals surface area contributed by atoms with E-state index in [2.05, 4.69) is 10.6 Å². The van der Waals surface area contributed by atoms with E-state index in [9.17, 15) is 14.9 Å². The second-order valence-corrected chi connectivity index (χ2v) is 4.87.